The van der Waals surface area contributed by atoms with Gasteiger partial charge in [0.25, 0.3) is 5.91 Å². The summed E-state index contributed by atoms with van der Waals surface area (Å²) >= 11 is 0. The summed E-state index contributed by atoms with van der Waals surface area (Å²) in [6, 6.07) is 3.47. The zero-order chi connectivity index (χ0) is 19.6. The molecular formula is C17H23FN4O4S. The molecule has 0 spiro atoms. The number of benzene rings is 1. The third kappa shape index (κ3) is 4.82. The van der Waals surface area contributed by atoms with Gasteiger partial charge in [0.2, 0.25) is 15.9 Å². The zero-order valence-corrected chi connectivity index (χ0v) is 15.9. The van der Waals surface area contributed by atoms with Gasteiger partial charge in [-0.05, 0) is 38.1 Å². The molecule has 10 heteroatoms. The zero-order valence-electron chi connectivity index (χ0n) is 15.1. The minimum Gasteiger partial charge on any atom is -0.352 e. The fourth-order valence-electron chi connectivity index (χ4n) is 2.94. The van der Waals surface area contributed by atoms with E-state index in [1.54, 1.807) is 0 Å². The summed E-state index contributed by atoms with van der Waals surface area (Å²) in [6.45, 7) is 1.97. The Bertz CT molecular complexity index is 833. The van der Waals surface area contributed by atoms with Crippen molar-refractivity contribution in [3.63, 3.8) is 0 Å². The number of rotatable bonds is 6. The number of hydrogen-bond acceptors (Lipinski definition) is 5. The van der Waals surface area contributed by atoms with Gasteiger partial charge in [-0.1, -0.05) is 0 Å². The summed E-state index contributed by atoms with van der Waals surface area (Å²) in [5, 5.41) is 2.92. The number of sulfonamides is 1. The van der Waals surface area contributed by atoms with Gasteiger partial charge >= 0.3 is 0 Å². The predicted molar refractivity (Wildman–Crippen MR) is 96.2 cm³/mol. The standard InChI is InChI=1S/C17H23FN4O4S/c1-19-27(25,26)13-4-5-15(18)14(10-13)17(24)22-8-6-21(7-9-22)11-16(23)20-12-2-3-12/h4-5,10,12,19H,2-3,6-9,11H2,1H3,(H,20,23). The van der Waals surface area contributed by atoms with Crippen LogP contribution in [0.1, 0.15) is 23.2 Å². The minimum absolute atomic E-state index is 0.0201. The number of carbonyl (C=O) groups is 2. The van der Waals surface area contributed by atoms with Gasteiger partial charge in [0.1, 0.15) is 5.82 Å². The van der Waals surface area contributed by atoms with Crippen LogP contribution >= 0.6 is 0 Å². The van der Waals surface area contributed by atoms with E-state index in [4.69, 9.17) is 0 Å². The maximum absolute atomic E-state index is 14.1. The summed E-state index contributed by atoms with van der Waals surface area (Å²) in [5.41, 5.74) is -0.272. The van der Waals surface area contributed by atoms with Crippen LogP contribution in [0.5, 0.6) is 0 Å². The Hall–Kier alpha value is -2.04. The first kappa shape index (κ1) is 19.7. The Balaban J connectivity index is 1.62. The van der Waals surface area contributed by atoms with E-state index in [9.17, 15) is 22.4 Å². The Labute approximate surface area is 157 Å². The molecule has 0 aromatic heterocycles. The highest BCUT2D eigenvalue weighted by molar-refractivity contribution is 7.89. The topological polar surface area (TPSA) is 98.8 Å². The number of nitrogens with zero attached hydrogens (tertiary/aromatic N) is 2. The van der Waals surface area contributed by atoms with Crippen molar-refractivity contribution in [2.24, 2.45) is 0 Å². The van der Waals surface area contributed by atoms with Crippen LogP contribution in [-0.2, 0) is 14.8 Å². The van der Waals surface area contributed by atoms with Gasteiger partial charge in [-0.25, -0.2) is 17.5 Å². The summed E-state index contributed by atoms with van der Waals surface area (Å²) in [5.74, 6) is -1.34. The molecule has 0 atom stereocenters. The highest BCUT2D eigenvalue weighted by Crippen LogP contribution is 2.19. The van der Waals surface area contributed by atoms with E-state index in [0.29, 0.717) is 32.2 Å². The van der Waals surface area contributed by atoms with Crippen LogP contribution in [0.3, 0.4) is 0 Å². The summed E-state index contributed by atoms with van der Waals surface area (Å²) in [7, 11) is -2.52. The molecule has 1 aliphatic carbocycles. The van der Waals surface area contributed by atoms with E-state index < -0.39 is 21.7 Å². The predicted octanol–water partition coefficient (Wildman–Crippen LogP) is -0.230. The Morgan fingerprint density at radius 3 is 2.44 bits per heavy atom. The monoisotopic (exact) mass is 398 g/mol. The highest BCUT2D eigenvalue weighted by Gasteiger charge is 2.28. The maximum atomic E-state index is 14.1. The average Bonchev–Trinajstić information content (AvgIpc) is 3.45. The van der Waals surface area contributed by atoms with Gasteiger partial charge in [-0.2, -0.15) is 0 Å². The second-order valence-electron chi connectivity index (χ2n) is 6.76. The van der Waals surface area contributed by atoms with Crippen molar-refractivity contribution in [3.8, 4) is 0 Å². The first-order chi connectivity index (χ1) is 12.8. The lowest BCUT2D eigenvalue weighted by Crippen LogP contribution is -2.51. The van der Waals surface area contributed by atoms with E-state index in [1.807, 2.05) is 4.90 Å². The number of hydrogen-bond donors (Lipinski definition) is 2. The normalized spacial score (nSPS) is 18.4. The molecule has 0 bridgehead atoms. The molecule has 1 aromatic carbocycles. The average molecular weight is 398 g/mol. The van der Waals surface area contributed by atoms with Gasteiger partial charge in [0, 0.05) is 32.2 Å². The third-order valence-electron chi connectivity index (χ3n) is 4.72. The van der Waals surface area contributed by atoms with Crippen molar-refractivity contribution in [1.82, 2.24) is 19.8 Å². The first-order valence-corrected chi connectivity index (χ1v) is 10.3. The number of carbonyl (C=O) groups excluding carboxylic acids is 2. The number of halogens is 1. The van der Waals surface area contributed by atoms with Crippen LogP contribution in [0, 0.1) is 5.82 Å². The molecule has 148 valence electrons. The van der Waals surface area contributed by atoms with E-state index in [2.05, 4.69) is 10.0 Å². The molecule has 0 unspecified atom stereocenters. The fourth-order valence-corrected chi connectivity index (χ4v) is 3.69. The molecule has 8 nitrogen and oxygen atoms in total. The van der Waals surface area contributed by atoms with Gasteiger partial charge < -0.3 is 10.2 Å². The lowest BCUT2D eigenvalue weighted by Gasteiger charge is -2.34. The highest BCUT2D eigenvalue weighted by atomic mass is 32.2. The summed E-state index contributed by atoms with van der Waals surface area (Å²) in [6.07, 6.45) is 2.06. The Morgan fingerprint density at radius 1 is 1.19 bits per heavy atom. The van der Waals surface area contributed by atoms with Crippen molar-refractivity contribution in [3.05, 3.63) is 29.6 Å². The molecular weight excluding hydrogens is 375 g/mol. The number of amides is 2. The van der Waals surface area contributed by atoms with Crippen molar-refractivity contribution < 1.29 is 22.4 Å². The van der Waals surface area contributed by atoms with E-state index in [1.165, 1.54) is 11.9 Å². The van der Waals surface area contributed by atoms with Gasteiger partial charge in [0.05, 0.1) is 17.0 Å². The smallest absolute Gasteiger partial charge is 0.256 e. The number of piperazine rings is 1. The summed E-state index contributed by atoms with van der Waals surface area (Å²) < 4.78 is 40.0. The molecule has 1 aliphatic heterocycles. The minimum atomic E-state index is -3.77. The molecule has 1 heterocycles. The Kier molecular flexibility index (Phi) is 5.78. The molecule has 1 aromatic rings. The van der Waals surface area contributed by atoms with Gasteiger partial charge in [-0.15, -0.1) is 0 Å². The van der Waals surface area contributed by atoms with Crippen LogP contribution in [0.25, 0.3) is 0 Å². The molecule has 27 heavy (non-hydrogen) atoms. The SMILES string of the molecule is CNS(=O)(=O)c1ccc(F)c(C(=O)N2CCN(CC(=O)NC3CC3)CC2)c1. The Morgan fingerprint density at radius 2 is 1.85 bits per heavy atom. The summed E-state index contributed by atoms with van der Waals surface area (Å²) in [4.78, 5) is 27.8. The van der Waals surface area contributed by atoms with E-state index >= 15 is 0 Å². The molecule has 2 amide bonds. The quantitative estimate of drug-likeness (QED) is 0.690. The van der Waals surface area contributed by atoms with Crippen LogP contribution in [0.2, 0.25) is 0 Å². The molecule has 2 fully saturated rings. The van der Waals surface area contributed by atoms with E-state index in [0.717, 1.165) is 31.0 Å². The second kappa shape index (κ2) is 7.91. The third-order valence-corrected chi connectivity index (χ3v) is 6.13. The maximum Gasteiger partial charge on any atom is 0.256 e. The van der Waals surface area contributed by atoms with Gasteiger partial charge in [0.15, 0.2) is 0 Å². The molecule has 3 rings (SSSR count). The first-order valence-electron chi connectivity index (χ1n) is 8.84. The second-order valence-corrected chi connectivity index (χ2v) is 8.65. The van der Waals surface area contributed by atoms with Crippen LogP contribution < -0.4 is 10.0 Å². The van der Waals surface area contributed by atoms with E-state index in [-0.39, 0.29) is 22.9 Å². The van der Waals surface area contributed by atoms with Crippen LogP contribution in [-0.4, -0.2) is 75.8 Å². The van der Waals surface area contributed by atoms with Crippen LogP contribution in [0.15, 0.2) is 23.1 Å². The largest absolute Gasteiger partial charge is 0.352 e. The van der Waals surface area contributed by atoms with Crippen molar-refractivity contribution >= 4 is 21.8 Å². The number of nitrogens with one attached hydrogen (secondary N) is 2. The molecule has 1 saturated heterocycles. The van der Waals surface area contributed by atoms with Crippen LogP contribution in [0.4, 0.5) is 4.39 Å². The van der Waals surface area contributed by atoms with Crippen molar-refractivity contribution in [2.45, 2.75) is 23.8 Å². The van der Waals surface area contributed by atoms with Crippen molar-refractivity contribution in [2.75, 3.05) is 39.8 Å². The molecule has 1 saturated carbocycles. The molecule has 2 N–H and O–H groups in total. The van der Waals surface area contributed by atoms with Gasteiger partial charge in [-0.3, -0.25) is 14.5 Å². The lowest BCUT2D eigenvalue weighted by molar-refractivity contribution is -0.122. The molecule has 2 aliphatic rings. The van der Waals surface area contributed by atoms with Crippen molar-refractivity contribution in [1.29, 1.82) is 0 Å². The fraction of sp³-hybridized carbons (Fsp3) is 0.529. The lowest BCUT2D eigenvalue weighted by atomic mass is 10.1. The molecule has 0 radical (unpaired) electrons.